The molecule has 1 aromatic carbocycles. The van der Waals surface area contributed by atoms with Gasteiger partial charge < -0.3 is 5.73 Å². The van der Waals surface area contributed by atoms with Crippen molar-refractivity contribution in [3.05, 3.63) is 45.0 Å². The smallest absolute Gasteiger partial charge is 0.101 e. The summed E-state index contributed by atoms with van der Waals surface area (Å²) < 4.78 is 1.98. The lowest BCUT2D eigenvalue weighted by Gasteiger charge is -2.07. The Labute approximate surface area is 121 Å². The lowest BCUT2D eigenvalue weighted by Crippen LogP contribution is -1.90. The van der Waals surface area contributed by atoms with Gasteiger partial charge in [-0.25, -0.2) is 4.98 Å². The monoisotopic (exact) mass is 372 g/mol. The fraction of sp³-hybridized carbons (Fsp3) is 0.0833. The molecule has 0 aliphatic heterocycles. The first-order valence-electron chi connectivity index (χ1n) is 4.91. The summed E-state index contributed by atoms with van der Waals surface area (Å²) >= 11 is 8.50. The quantitative estimate of drug-likeness (QED) is 0.778. The minimum absolute atomic E-state index is 0.796. The van der Waals surface area contributed by atoms with Gasteiger partial charge in [0, 0.05) is 25.7 Å². The molecule has 2 aromatic rings. The molecule has 0 amide bonds. The van der Waals surface area contributed by atoms with Crippen molar-refractivity contribution in [2.75, 3.05) is 5.73 Å². The van der Waals surface area contributed by atoms with Gasteiger partial charge in [0.25, 0.3) is 0 Å². The highest BCUT2D eigenvalue weighted by Gasteiger charge is 2.06. The van der Waals surface area contributed by atoms with Crippen molar-refractivity contribution in [2.45, 2.75) is 16.8 Å². The number of pyridine rings is 1. The van der Waals surface area contributed by atoms with E-state index >= 15 is 0 Å². The summed E-state index contributed by atoms with van der Waals surface area (Å²) in [4.78, 5) is 5.45. The first kappa shape index (κ1) is 12.9. The van der Waals surface area contributed by atoms with Gasteiger partial charge in [0.05, 0.1) is 0 Å². The fourth-order valence-corrected chi connectivity index (χ4v) is 2.98. The van der Waals surface area contributed by atoms with Crippen LogP contribution in [0.1, 0.15) is 5.56 Å². The minimum atomic E-state index is 0.796. The molecule has 0 bridgehead atoms. The Morgan fingerprint density at radius 1 is 1.24 bits per heavy atom. The van der Waals surface area contributed by atoms with Crippen LogP contribution in [-0.2, 0) is 0 Å². The standard InChI is InChI=1S/C12H10Br2N2S/c1-7-4-11(9(14)5-10(7)15)17-12-3-2-8(13)6-16-12/h2-6H,15H2,1H3. The van der Waals surface area contributed by atoms with Crippen molar-refractivity contribution in [3.63, 3.8) is 0 Å². The first-order chi connectivity index (χ1) is 8.06. The molecule has 0 radical (unpaired) electrons. The number of aryl methyl sites for hydroxylation is 1. The maximum Gasteiger partial charge on any atom is 0.101 e. The highest BCUT2D eigenvalue weighted by Crippen LogP contribution is 2.35. The lowest BCUT2D eigenvalue weighted by atomic mass is 10.2. The molecule has 1 heterocycles. The minimum Gasteiger partial charge on any atom is -0.398 e. The van der Waals surface area contributed by atoms with E-state index in [1.54, 1.807) is 18.0 Å². The normalized spacial score (nSPS) is 10.5. The van der Waals surface area contributed by atoms with Crippen LogP contribution in [-0.4, -0.2) is 4.98 Å². The summed E-state index contributed by atoms with van der Waals surface area (Å²) in [6, 6.07) is 7.95. The van der Waals surface area contributed by atoms with E-state index in [2.05, 4.69) is 42.9 Å². The lowest BCUT2D eigenvalue weighted by molar-refractivity contribution is 1.12. The Morgan fingerprint density at radius 2 is 2.00 bits per heavy atom. The average Bonchev–Trinajstić information content (AvgIpc) is 2.29. The number of hydrogen-bond donors (Lipinski definition) is 1. The predicted octanol–water partition coefficient (Wildman–Crippen LogP) is 4.65. The van der Waals surface area contributed by atoms with Crippen LogP contribution in [0.3, 0.4) is 0 Å². The van der Waals surface area contributed by atoms with E-state index in [0.717, 1.165) is 30.1 Å². The van der Waals surface area contributed by atoms with E-state index in [1.165, 1.54) is 0 Å². The molecular formula is C12H10Br2N2S. The number of benzene rings is 1. The highest BCUT2D eigenvalue weighted by molar-refractivity contribution is 9.10. The van der Waals surface area contributed by atoms with Crippen molar-refractivity contribution in [1.82, 2.24) is 4.98 Å². The maximum absolute atomic E-state index is 5.84. The number of rotatable bonds is 2. The van der Waals surface area contributed by atoms with Crippen LogP contribution in [0.4, 0.5) is 5.69 Å². The summed E-state index contributed by atoms with van der Waals surface area (Å²) in [5.74, 6) is 0. The molecule has 17 heavy (non-hydrogen) atoms. The second kappa shape index (κ2) is 5.42. The zero-order valence-corrected chi connectivity index (χ0v) is 13.1. The Morgan fingerprint density at radius 3 is 2.65 bits per heavy atom. The van der Waals surface area contributed by atoms with E-state index in [1.807, 2.05) is 25.1 Å². The van der Waals surface area contributed by atoms with Gasteiger partial charge in [0.15, 0.2) is 0 Å². The molecule has 88 valence electrons. The van der Waals surface area contributed by atoms with Gasteiger partial charge in [-0.15, -0.1) is 0 Å². The molecule has 1 aromatic heterocycles. The Kier molecular flexibility index (Phi) is 4.12. The molecule has 0 saturated carbocycles. The van der Waals surface area contributed by atoms with E-state index in [0.29, 0.717) is 0 Å². The second-order valence-corrected chi connectivity index (χ2v) is 6.39. The van der Waals surface area contributed by atoms with Gasteiger partial charge in [-0.1, -0.05) is 11.8 Å². The van der Waals surface area contributed by atoms with Gasteiger partial charge in [-0.3, -0.25) is 0 Å². The summed E-state index contributed by atoms with van der Waals surface area (Å²) in [5, 5.41) is 0.957. The van der Waals surface area contributed by atoms with Crippen LogP contribution < -0.4 is 5.73 Å². The number of aromatic nitrogens is 1. The summed E-state index contributed by atoms with van der Waals surface area (Å²) in [5.41, 5.74) is 7.71. The van der Waals surface area contributed by atoms with Crippen molar-refractivity contribution in [3.8, 4) is 0 Å². The molecule has 0 atom stereocenters. The summed E-state index contributed by atoms with van der Waals surface area (Å²) in [6.45, 7) is 2.00. The van der Waals surface area contributed by atoms with E-state index < -0.39 is 0 Å². The SMILES string of the molecule is Cc1cc(Sc2ccc(Br)cn2)c(Br)cc1N. The number of nitrogens with zero attached hydrogens (tertiary/aromatic N) is 1. The third-order valence-electron chi connectivity index (χ3n) is 2.24. The number of hydrogen-bond acceptors (Lipinski definition) is 3. The Bertz CT molecular complexity index is 541. The fourth-order valence-electron chi connectivity index (χ4n) is 1.28. The molecule has 2 N–H and O–H groups in total. The first-order valence-corrected chi connectivity index (χ1v) is 7.31. The number of nitrogens with two attached hydrogens (primary N) is 1. The van der Waals surface area contributed by atoms with Crippen LogP contribution in [0, 0.1) is 6.92 Å². The number of halogens is 2. The molecule has 0 aliphatic carbocycles. The van der Waals surface area contributed by atoms with Gasteiger partial charge in [0.2, 0.25) is 0 Å². The van der Waals surface area contributed by atoms with Crippen LogP contribution >= 0.6 is 43.6 Å². The van der Waals surface area contributed by atoms with Crippen molar-refractivity contribution in [1.29, 1.82) is 0 Å². The second-order valence-electron chi connectivity index (χ2n) is 3.56. The van der Waals surface area contributed by atoms with Crippen LogP contribution in [0.15, 0.2) is 49.3 Å². The third kappa shape index (κ3) is 3.24. The number of anilines is 1. The molecule has 0 fully saturated rings. The molecule has 0 saturated heterocycles. The molecule has 0 unspecified atom stereocenters. The zero-order chi connectivity index (χ0) is 12.4. The summed E-state index contributed by atoms with van der Waals surface area (Å²) in [7, 11) is 0. The van der Waals surface area contributed by atoms with Crippen molar-refractivity contribution in [2.24, 2.45) is 0 Å². The van der Waals surface area contributed by atoms with E-state index in [9.17, 15) is 0 Å². The molecule has 2 nitrogen and oxygen atoms in total. The molecule has 0 aliphatic rings. The van der Waals surface area contributed by atoms with Gasteiger partial charge >= 0.3 is 0 Å². The van der Waals surface area contributed by atoms with Gasteiger partial charge in [-0.2, -0.15) is 0 Å². The van der Waals surface area contributed by atoms with Gasteiger partial charge in [-0.05, 0) is 68.6 Å². The van der Waals surface area contributed by atoms with Crippen molar-refractivity contribution < 1.29 is 0 Å². The predicted molar refractivity (Wildman–Crippen MR) is 79.4 cm³/mol. The van der Waals surface area contributed by atoms with Crippen molar-refractivity contribution >= 4 is 49.3 Å². The largest absolute Gasteiger partial charge is 0.398 e. The third-order valence-corrected chi connectivity index (χ3v) is 4.63. The Balaban J connectivity index is 2.30. The topological polar surface area (TPSA) is 38.9 Å². The van der Waals surface area contributed by atoms with Crippen LogP contribution in [0.2, 0.25) is 0 Å². The van der Waals surface area contributed by atoms with Crippen LogP contribution in [0.5, 0.6) is 0 Å². The van der Waals surface area contributed by atoms with E-state index in [-0.39, 0.29) is 0 Å². The Hall–Kier alpha value is -0.520. The molecule has 0 spiro atoms. The van der Waals surface area contributed by atoms with E-state index in [4.69, 9.17) is 5.73 Å². The molecule has 2 rings (SSSR count). The van der Waals surface area contributed by atoms with Gasteiger partial charge in [0.1, 0.15) is 5.03 Å². The molecular weight excluding hydrogens is 364 g/mol. The molecule has 5 heteroatoms. The zero-order valence-electron chi connectivity index (χ0n) is 9.08. The highest BCUT2D eigenvalue weighted by atomic mass is 79.9. The number of nitrogen functional groups attached to an aromatic ring is 1. The summed E-state index contributed by atoms with van der Waals surface area (Å²) in [6.07, 6.45) is 1.79. The maximum atomic E-state index is 5.84. The van der Waals surface area contributed by atoms with Crippen LogP contribution in [0.25, 0.3) is 0 Å². The average molecular weight is 374 g/mol.